The molecule has 0 unspecified atom stereocenters. The van der Waals surface area contributed by atoms with Crippen molar-refractivity contribution >= 4 is 7.98 Å². The molecule has 0 saturated heterocycles. The quantitative estimate of drug-likeness (QED) is 0.547. The summed E-state index contributed by atoms with van der Waals surface area (Å²) in [5.74, 6) is 0. The van der Waals surface area contributed by atoms with Crippen LogP contribution in [0.4, 0.5) is 0 Å². The van der Waals surface area contributed by atoms with E-state index in [2.05, 4.69) is 34.4 Å². The van der Waals surface area contributed by atoms with Gasteiger partial charge in [0.2, 0.25) is 0 Å². The predicted molar refractivity (Wildman–Crippen MR) is 68.1 cm³/mol. The number of hydrogen-bond acceptors (Lipinski definition) is 2. The smallest absolute Gasteiger partial charge is 0.268 e. The molecule has 2 rings (SSSR count). The van der Waals surface area contributed by atoms with Crippen molar-refractivity contribution in [2.75, 3.05) is 0 Å². The fourth-order valence-corrected chi connectivity index (χ4v) is 1.71. The van der Waals surface area contributed by atoms with Gasteiger partial charge in [0.15, 0.2) is 0 Å². The second-order valence-corrected chi connectivity index (χ2v) is 3.54. The average molecular weight is 208 g/mol. The van der Waals surface area contributed by atoms with E-state index in [-0.39, 0.29) is 6.04 Å². The Morgan fingerprint density at radius 2 is 1.19 bits per heavy atom. The van der Waals surface area contributed by atoms with E-state index in [1.54, 1.807) is 7.98 Å². The predicted octanol–water partition coefficient (Wildman–Crippen LogP) is 2.78. The van der Waals surface area contributed by atoms with E-state index < -0.39 is 0 Å². The Hall–Kier alpha value is -1.90. The van der Waals surface area contributed by atoms with Crippen LogP contribution < -0.4 is 0 Å². The lowest BCUT2D eigenvalue weighted by Gasteiger charge is -2.11. The topological polar surface area (TPSA) is 24.7 Å². The van der Waals surface area contributed by atoms with Crippen molar-refractivity contribution in [2.45, 2.75) is 6.04 Å². The molecule has 0 aliphatic carbocycles. The SMILES string of the molecule is BN=NC(c1ccccc1)c1ccccc1. The molecular formula is C13H13BN2. The fourth-order valence-electron chi connectivity index (χ4n) is 1.71. The summed E-state index contributed by atoms with van der Waals surface area (Å²) < 4.78 is 0. The van der Waals surface area contributed by atoms with Crippen molar-refractivity contribution in [3.05, 3.63) is 71.8 Å². The van der Waals surface area contributed by atoms with Gasteiger partial charge < -0.3 is 0 Å². The molecule has 0 aromatic heterocycles. The van der Waals surface area contributed by atoms with Crippen molar-refractivity contribution in [1.82, 2.24) is 0 Å². The second kappa shape index (κ2) is 5.26. The molecule has 0 bridgehead atoms. The molecule has 3 heteroatoms. The van der Waals surface area contributed by atoms with Crippen LogP contribution in [-0.4, -0.2) is 7.98 Å². The molecule has 2 aromatic rings. The highest BCUT2D eigenvalue weighted by Gasteiger charge is 2.11. The summed E-state index contributed by atoms with van der Waals surface area (Å²) in [5, 5.41) is 8.20. The molecule has 78 valence electrons. The van der Waals surface area contributed by atoms with Crippen molar-refractivity contribution in [3.8, 4) is 0 Å². The minimum absolute atomic E-state index is 0.00685. The molecule has 0 N–H and O–H groups in total. The Kier molecular flexibility index (Phi) is 3.49. The van der Waals surface area contributed by atoms with E-state index in [0.717, 1.165) is 0 Å². The van der Waals surface area contributed by atoms with Gasteiger partial charge in [0.1, 0.15) is 6.04 Å². The normalized spacial score (nSPS) is 11.1. The zero-order valence-electron chi connectivity index (χ0n) is 9.25. The van der Waals surface area contributed by atoms with Gasteiger partial charge in [0.05, 0.1) is 0 Å². The lowest BCUT2D eigenvalue weighted by Crippen LogP contribution is -1.96. The van der Waals surface area contributed by atoms with Crippen LogP contribution in [0.5, 0.6) is 0 Å². The zero-order chi connectivity index (χ0) is 11.2. The maximum absolute atomic E-state index is 4.29. The molecule has 0 fully saturated rings. The molecule has 0 radical (unpaired) electrons. The Bertz CT molecular complexity index is 414. The molecule has 2 nitrogen and oxygen atoms in total. The second-order valence-electron chi connectivity index (χ2n) is 3.54. The van der Waals surface area contributed by atoms with Gasteiger partial charge in [-0.3, -0.25) is 5.03 Å². The summed E-state index contributed by atoms with van der Waals surface area (Å²) in [7, 11) is 1.71. The van der Waals surface area contributed by atoms with Crippen LogP contribution in [0.3, 0.4) is 0 Å². The zero-order valence-corrected chi connectivity index (χ0v) is 9.25. The van der Waals surface area contributed by atoms with E-state index >= 15 is 0 Å². The highest BCUT2D eigenvalue weighted by Crippen LogP contribution is 2.25. The fraction of sp³-hybridized carbons (Fsp3) is 0.0769. The number of hydrogen-bond donors (Lipinski definition) is 0. The van der Waals surface area contributed by atoms with E-state index in [1.165, 1.54) is 11.1 Å². The van der Waals surface area contributed by atoms with Gasteiger partial charge in [-0.2, -0.15) is 5.11 Å². The van der Waals surface area contributed by atoms with Crippen molar-refractivity contribution in [2.24, 2.45) is 10.1 Å². The van der Waals surface area contributed by atoms with Crippen LogP contribution in [-0.2, 0) is 0 Å². The van der Waals surface area contributed by atoms with E-state index in [4.69, 9.17) is 0 Å². The molecule has 0 aliphatic rings. The molecule has 16 heavy (non-hydrogen) atoms. The van der Waals surface area contributed by atoms with Crippen LogP contribution >= 0.6 is 0 Å². The van der Waals surface area contributed by atoms with Gasteiger partial charge in [-0.15, -0.1) is 0 Å². The molecular weight excluding hydrogens is 195 g/mol. The Morgan fingerprint density at radius 1 is 0.750 bits per heavy atom. The molecule has 0 heterocycles. The largest absolute Gasteiger partial charge is 0.273 e. The van der Waals surface area contributed by atoms with Crippen LogP contribution in [0.2, 0.25) is 0 Å². The lowest BCUT2D eigenvalue weighted by atomic mass is 10.00. The summed E-state index contributed by atoms with van der Waals surface area (Å²) in [6, 6.07) is 20.4. The van der Waals surface area contributed by atoms with Gasteiger partial charge in [-0.25, -0.2) is 0 Å². The summed E-state index contributed by atoms with van der Waals surface area (Å²) in [5.41, 5.74) is 2.33. The monoisotopic (exact) mass is 208 g/mol. The summed E-state index contributed by atoms with van der Waals surface area (Å²) in [4.78, 5) is 0. The highest BCUT2D eigenvalue weighted by atomic mass is 15.1. The third-order valence-electron chi connectivity index (χ3n) is 2.46. The first kappa shape index (κ1) is 10.6. The molecule has 0 atom stereocenters. The first-order valence-corrected chi connectivity index (χ1v) is 5.30. The third kappa shape index (κ3) is 2.37. The van der Waals surface area contributed by atoms with Crippen LogP contribution in [0.15, 0.2) is 70.8 Å². The van der Waals surface area contributed by atoms with Crippen molar-refractivity contribution in [1.29, 1.82) is 0 Å². The van der Waals surface area contributed by atoms with Crippen LogP contribution in [0.25, 0.3) is 0 Å². The molecule has 0 spiro atoms. The first-order valence-electron chi connectivity index (χ1n) is 5.30. The number of benzene rings is 2. The minimum atomic E-state index is 0.00685. The maximum Gasteiger partial charge on any atom is 0.273 e. The third-order valence-corrected chi connectivity index (χ3v) is 2.46. The molecule has 0 aliphatic heterocycles. The van der Waals surface area contributed by atoms with Crippen LogP contribution in [0.1, 0.15) is 17.2 Å². The van der Waals surface area contributed by atoms with Gasteiger partial charge >= 0.3 is 0 Å². The lowest BCUT2D eigenvalue weighted by molar-refractivity contribution is 0.822. The number of nitrogens with zero attached hydrogens (tertiary/aromatic N) is 2. The van der Waals surface area contributed by atoms with Crippen molar-refractivity contribution in [3.63, 3.8) is 0 Å². The minimum Gasteiger partial charge on any atom is -0.268 e. The highest BCUT2D eigenvalue weighted by molar-refractivity contribution is 6.04. The van der Waals surface area contributed by atoms with Gasteiger partial charge in [0, 0.05) is 0 Å². The molecule has 0 saturated carbocycles. The average Bonchev–Trinajstić information content (AvgIpc) is 2.38. The van der Waals surface area contributed by atoms with Gasteiger partial charge in [-0.1, -0.05) is 60.7 Å². The number of rotatable bonds is 3. The van der Waals surface area contributed by atoms with E-state index in [1.807, 2.05) is 36.4 Å². The first-order chi connectivity index (χ1) is 7.92. The Morgan fingerprint density at radius 3 is 1.56 bits per heavy atom. The van der Waals surface area contributed by atoms with E-state index in [0.29, 0.717) is 0 Å². The Balaban J connectivity index is 2.39. The standard InChI is InChI=1S/C13H13BN2/c14-16-15-13(11-7-3-1-4-8-11)12-9-5-2-6-10-12/h1-10,13H,14H2. The van der Waals surface area contributed by atoms with Crippen molar-refractivity contribution < 1.29 is 0 Å². The van der Waals surface area contributed by atoms with E-state index in [9.17, 15) is 0 Å². The summed E-state index contributed by atoms with van der Waals surface area (Å²) >= 11 is 0. The van der Waals surface area contributed by atoms with Crippen LogP contribution in [0, 0.1) is 0 Å². The molecule has 0 amide bonds. The summed E-state index contributed by atoms with van der Waals surface area (Å²) in [6.45, 7) is 0. The molecule has 2 aromatic carbocycles. The maximum atomic E-state index is 4.29. The Labute approximate surface area is 96.5 Å². The van der Waals surface area contributed by atoms with Gasteiger partial charge in [0.25, 0.3) is 7.98 Å². The summed E-state index contributed by atoms with van der Waals surface area (Å²) in [6.07, 6.45) is 0. The van der Waals surface area contributed by atoms with Gasteiger partial charge in [-0.05, 0) is 11.1 Å².